The molecule has 0 heterocycles. The lowest BCUT2D eigenvalue weighted by atomic mass is 10.1. The third-order valence-corrected chi connectivity index (χ3v) is 3.80. The SMILES string of the molecule is CSc1cccc(NC(=O)NCc2cc(F)ccc2C)c1. The summed E-state index contributed by atoms with van der Waals surface area (Å²) in [6, 6.07) is 11.8. The Hall–Kier alpha value is -2.01. The Bertz CT molecular complexity index is 646. The molecule has 0 aliphatic rings. The number of hydrogen-bond acceptors (Lipinski definition) is 2. The summed E-state index contributed by atoms with van der Waals surface area (Å²) >= 11 is 1.61. The smallest absolute Gasteiger partial charge is 0.319 e. The van der Waals surface area contributed by atoms with E-state index >= 15 is 0 Å². The molecule has 3 nitrogen and oxygen atoms in total. The van der Waals surface area contributed by atoms with E-state index in [-0.39, 0.29) is 18.4 Å². The fraction of sp³-hybridized carbons (Fsp3) is 0.188. The summed E-state index contributed by atoms with van der Waals surface area (Å²) in [7, 11) is 0. The van der Waals surface area contributed by atoms with Gasteiger partial charge < -0.3 is 10.6 Å². The number of carbonyl (C=O) groups excluding carboxylic acids is 1. The number of hydrogen-bond donors (Lipinski definition) is 2. The number of benzene rings is 2. The Kier molecular flexibility index (Phi) is 5.22. The maximum Gasteiger partial charge on any atom is 0.319 e. The maximum absolute atomic E-state index is 13.2. The van der Waals surface area contributed by atoms with Crippen LogP contribution >= 0.6 is 11.8 Å². The van der Waals surface area contributed by atoms with Crippen LogP contribution in [-0.2, 0) is 6.54 Å². The van der Waals surface area contributed by atoms with Gasteiger partial charge in [-0.3, -0.25) is 0 Å². The number of rotatable bonds is 4. The van der Waals surface area contributed by atoms with Gasteiger partial charge in [-0.1, -0.05) is 12.1 Å². The minimum absolute atomic E-state index is 0.289. The maximum atomic E-state index is 13.2. The van der Waals surface area contributed by atoms with Gasteiger partial charge in [0.05, 0.1) is 0 Å². The number of amides is 2. The molecule has 0 radical (unpaired) electrons. The van der Waals surface area contributed by atoms with Crippen molar-refractivity contribution in [1.82, 2.24) is 5.32 Å². The van der Waals surface area contributed by atoms with Gasteiger partial charge in [-0.15, -0.1) is 11.8 Å². The lowest BCUT2D eigenvalue weighted by molar-refractivity contribution is 0.251. The van der Waals surface area contributed by atoms with Gasteiger partial charge in [0.1, 0.15) is 5.82 Å². The van der Waals surface area contributed by atoms with Gasteiger partial charge >= 0.3 is 6.03 Å². The standard InChI is InChI=1S/C16H17FN2OS/c1-11-6-7-13(17)8-12(11)10-18-16(20)19-14-4-3-5-15(9-14)21-2/h3-9H,10H2,1-2H3,(H2,18,19,20). The Morgan fingerprint density at radius 1 is 1.24 bits per heavy atom. The molecule has 0 unspecified atom stereocenters. The van der Waals surface area contributed by atoms with E-state index in [1.54, 1.807) is 17.8 Å². The molecule has 2 aromatic rings. The number of anilines is 1. The predicted octanol–water partition coefficient (Wildman–Crippen LogP) is 4.18. The molecule has 2 amide bonds. The lowest BCUT2D eigenvalue weighted by Crippen LogP contribution is -2.28. The quantitative estimate of drug-likeness (QED) is 0.832. The number of aryl methyl sites for hydroxylation is 1. The van der Waals surface area contributed by atoms with E-state index in [1.807, 2.05) is 37.4 Å². The van der Waals surface area contributed by atoms with Gasteiger partial charge in [-0.2, -0.15) is 0 Å². The van der Waals surface area contributed by atoms with Crippen LogP contribution in [0.2, 0.25) is 0 Å². The van der Waals surface area contributed by atoms with Crippen LogP contribution < -0.4 is 10.6 Å². The van der Waals surface area contributed by atoms with Gasteiger partial charge in [-0.05, 0) is 54.6 Å². The van der Waals surface area contributed by atoms with Crippen molar-refractivity contribution in [3.63, 3.8) is 0 Å². The summed E-state index contributed by atoms with van der Waals surface area (Å²) in [5.74, 6) is -0.300. The van der Waals surface area contributed by atoms with Crippen LogP contribution in [-0.4, -0.2) is 12.3 Å². The zero-order valence-corrected chi connectivity index (χ0v) is 12.8. The second-order valence-electron chi connectivity index (χ2n) is 4.61. The molecule has 0 saturated heterocycles. The number of carbonyl (C=O) groups is 1. The third-order valence-electron chi connectivity index (χ3n) is 3.08. The van der Waals surface area contributed by atoms with E-state index < -0.39 is 0 Å². The van der Waals surface area contributed by atoms with E-state index in [0.29, 0.717) is 0 Å². The largest absolute Gasteiger partial charge is 0.334 e. The molecule has 0 spiro atoms. The highest BCUT2D eigenvalue weighted by Gasteiger charge is 2.05. The second-order valence-corrected chi connectivity index (χ2v) is 5.49. The Labute approximate surface area is 127 Å². The summed E-state index contributed by atoms with van der Waals surface area (Å²) in [5, 5.41) is 5.49. The lowest BCUT2D eigenvalue weighted by Gasteiger charge is -2.10. The fourth-order valence-electron chi connectivity index (χ4n) is 1.88. The molecular weight excluding hydrogens is 287 g/mol. The highest BCUT2D eigenvalue weighted by Crippen LogP contribution is 2.18. The number of nitrogens with one attached hydrogen (secondary N) is 2. The number of halogens is 1. The minimum Gasteiger partial charge on any atom is -0.334 e. The van der Waals surface area contributed by atoms with Crippen molar-refractivity contribution >= 4 is 23.5 Å². The Morgan fingerprint density at radius 3 is 2.81 bits per heavy atom. The highest BCUT2D eigenvalue weighted by atomic mass is 32.2. The molecule has 2 aromatic carbocycles. The zero-order valence-electron chi connectivity index (χ0n) is 11.9. The van der Waals surface area contributed by atoms with Gasteiger partial charge in [0, 0.05) is 17.1 Å². The third kappa shape index (κ3) is 4.49. The van der Waals surface area contributed by atoms with Crippen molar-refractivity contribution in [1.29, 1.82) is 0 Å². The van der Waals surface area contributed by atoms with E-state index in [0.717, 1.165) is 21.7 Å². The molecular formula is C16H17FN2OS. The summed E-state index contributed by atoms with van der Waals surface area (Å²) in [6.45, 7) is 2.17. The molecule has 0 atom stereocenters. The van der Waals surface area contributed by atoms with Crippen LogP contribution in [0.3, 0.4) is 0 Å². The molecule has 0 saturated carbocycles. The van der Waals surface area contributed by atoms with Crippen molar-refractivity contribution in [3.05, 3.63) is 59.4 Å². The number of thioether (sulfide) groups is 1. The molecule has 0 aromatic heterocycles. The molecule has 5 heteroatoms. The average Bonchev–Trinajstić information content (AvgIpc) is 2.48. The van der Waals surface area contributed by atoms with Crippen molar-refractivity contribution < 1.29 is 9.18 Å². The first-order valence-electron chi connectivity index (χ1n) is 6.52. The Balaban J connectivity index is 1.94. The van der Waals surface area contributed by atoms with Crippen molar-refractivity contribution in [3.8, 4) is 0 Å². The molecule has 110 valence electrons. The molecule has 2 N–H and O–H groups in total. The van der Waals surface area contributed by atoms with E-state index in [9.17, 15) is 9.18 Å². The molecule has 0 fully saturated rings. The first-order chi connectivity index (χ1) is 10.1. The van der Waals surface area contributed by atoms with Crippen LogP contribution in [0.5, 0.6) is 0 Å². The highest BCUT2D eigenvalue weighted by molar-refractivity contribution is 7.98. The second kappa shape index (κ2) is 7.13. The summed E-state index contributed by atoms with van der Waals surface area (Å²) in [4.78, 5) is 12.9. The average molecular weight is 304 g/mol. The fourth-order valence-corrected chi connectivity index (χ4v) is 2.34. The summed E-state index contributed by atoms with van der Waals surface area (Å²) < 4.78 is 13.2. The monoisotopic (exact) mass is 304 g/mol. The van der Waals surface area contributed by atoms with Crippen molar-refractivity contribution in [2.24, 2.45) is 0 Å². The minimum atomic E-state index is -0.308. The molecule has 0 aliphatic carbocycles. The summed E-state index contributed by atoms with van der Waals surface area (Å²) in [5.41, 5.74) is 2.44. The van der Waals surface area contributed by atoms with E-state index in [4.69, 9.17) is 0 Å². The summed E-state index contributed by atoms with van der Waals surface area (Å²) in [6.07, 6.45) is 1.98. The van der Waals surface area contributed by atoms with Gasteiger partial charge in [-0.25, -0.2) is 9.18 Å². The van der Waals surface area contributed by atoms with Gasteiger partial charge in [0.25, 0.3) is 0 Å². The zero-order chi connectivity index (χ0) is 15.2. The van der Waals surface area contributed by atoms with Crippen molar-refractivity contribution in [2.45, 2.75) is 18.4 Å². The van der Waals surface area contributed by atoms with E-state index in [1.165, 1.54) is 12.1 Å². The molecule has 0 bridgehead atoms. The van der Waals surface area contributed by atoms with E-state index in [2.05, 4.69) is 10.6 Å². The Morgan fingerprint density at radius 2 is 2.05 bits per heavy atom. The topological polar surface area (TPSA) is 41.1 Å². The van der Waals surface area contributed by atoms with Crippen LogP contribution in [0.25, 0.3) is 0 Å². The van der Waals surface area contributed by atoms with Crippen LogP contribution in [0.1, 0.15) is 11.1 Å². The molecule has 0 aliphatic heterocycles. The predicted molar refractivity (Wildman–Crippen MR) is 85.2 cm³/mol. The van der Waals surface area contributed by atoms with Crippen molar-refractivity contribution in [2.75, 3.05) is 11.6 Å². The molecule has 21 heavy (non-hydrogen) atoms. The van der Waals surface area contributed by atoms with Crippen LogP contribution in [0.4, 0.5) is 14.9 Å². The molecule has 2 rings (SSSR count). The van der Waals surface area contributed by atoms with Crippen LogP contribution in [0.15, 0.2) is 47.4 Å². The first kappa shape index (κ1) is 15.4. The van der Waals surface area contributed by atoms with Crippen LogP contribution in [0, 0.1) is 12.7 Å². The van der Waals surface area contributed by atoms with Gasteiger partial charge in [0.15, 0.2) is 0 Å². The van der Waals surface area contributed by atoms with Gasteiger partial charge in [0.2, 0.25) is 0 Å². The normalized spacial score (nSPS) is 10.2. The number of urea groups is 1. The first-order valence-corrected chi connectivity index (χ1v) is 7.75.